The van der Waals surface area contributed by atoms with Crippen LogP contribution in [0.1, 0.15) is 0 Å². The summed E-state index contributed by atoms with van der Waals surface area (Å²) >= 11 is 0. The van der Waals surface area contributed by atoms with E-state index in [9.17, 15) is 18.0 Å². The van der Waals surface area contributed by atoms with Crippen molar-refractivity contribution in [3.63, 3.8) is 0 Å². The molecule has 1 aromatic heterocycles. The van der Waals surface area contributed by atoms with Gasteiger partial charge in [-0.2, -0.15) is 0 Å². The fourth-order valence-corrected chi connectivity index (χ4v) is 1.64. The molecular weight excluding hydrogens is 248 g/mol. The Balaban J connectivity index is 2.97. The van der Waals surface area contributed by atoms with Crippen molar-refractivity contribution in [2.45, 2.75) is 0 Å². The Labute approximate surface area is 97.4 Å². The van der Waals surface area contributed by atoms with Gasteiger partial charge in [-0.1, -0.05) is 0 Å². The monoisotopic (exact) mass is 262 g/mol. The number of hydrogen-bond donors (Lipinski definition) is 3. The van der Waals surface area contributed by atoms with E-state index in [4.69, 9.17) is 5.73 Å². The fourth-order valence-electron chi connectivity index (χ4n) is 1.17. The summed E-state index contributed by atoms with van der Waals surface area (Å²) in [6, 6.07) is 0. The van der Waals surface area contributed by atoms with Crippen LogP contribution in [0.4, 0.5) is 11.5 Å². The minimum atomic E-state index is -3.12. The molecule has 0 saturated carbocycles. The number of nitrogens with two attached hydrogens (primary N) is 1. The third-order valence-corrected chi connectivity index (χ3v) is 3.09. The van der Waals surface area contributed by atoms with E-state index in [0.717, 1.165) is 10.8 Å². The molecule has 0 atom stereocenters. The predicted octanol–water partition coefficient (Wildman–Crippen LogP) is -1.89. The first kappa shape index (κ1) is 13.3. The van der Waals surface area contributed by atoms with E-state index in [1.807, 2.05) is 0 Å². The zero-order chi connectivity index (χ0) is 13.2. The Bertz CT molecular complexity index is 628. The van der Waals surface area contributed by atoms with Gasteiger partial charge in [0.2, 0.25) is 0 Å². The van der Waals surface area contributed by atoms with Crippen LogP contribution in [0, 0.1) is 0 Å². The standard InChI is InChI=1S/C8H14N4O4S/c1-12-6(9)5(7(13)11-8(12)14)10-3-4-17(2,15)16/h10H,3-4,9H2,1-2H3,(H,11,13,14). The van der Waals surface area contributed by atoms with Crippen molar-refractivity contribution in [1.29, 1.82) is 0 Å². The molecular formula is C8H14N4O4S. The minimum absolute atomic E-state index is 0.00394. The maximum Gasteiger partial charge on any atom is 0.329 e. The van der Waals surface area contributed by atoms with Crippen molar-refractivity contribution in [1.82, 2.24) is 9.55 Å². The number of hydrogen-bond acceptors (Lipinski definition) is 6. The second kappa shape index (κ2) is 4.62. The molecule has 0 aliphatic carbocycles. The van der Waals surface area contributed by atoms with Gasteiger partial charge in [0.1, 0.15) is 21.3 Å². The molecule has 0 fully saturated rings. The van der Waals surface area contributed by atoms with Crippen LogP contribution >= 0.6 is 0 Å². The molecule has 0 aliphatic heterocycles. The number of sulfone groups is 1. The summed E-state index contributed by atoms with van der Waals surface area (Å²) in [7, 11) is -1.72. The molecule has 17 heavy (non-hydrogen) atoms. The number of aromatic amines is 1. The van der Waals surface area contributed by atoms with Crippen molar-refractivity contribution in [2.75, 3.05) is 29.6 Å². The van der Waals surface area contributed by atoms with Crippen LogP contribution in [-0.4, -0.2) is 36.5 Å². The highest BCUT2D eigenvalue weighted by Gasteiger charge is 2.10. The van der Waals surface area contributed by atoms with Crippen LogP contribution in [0.3, 0.4) is 0 Å². The Morgan fingerprint density at radius 3 is 2.53 bits per heavy atom. The summed E-state index contributed by atoms with van der Waals surface area (Å²) in [6.45, 7) is 0.0459. The predicted molar refractivity (Wildman–Crippen MR) is 64.9 cm³/mol. The molecule has 1 aromatic rings. The van der Waals surface area contributed by atoms with Gasteiger partial charge in [0, 0.05) is 19.8 Å². The van der Waals surface area contributed by atoms with E-state index in [1.54, 1.807) is 0 Å². The first-order valence-corrected chi connectivity index (χ1v) is 6.79. The Morgan fingerprint density at radius 2 is 2.00 bits per heavy atom. The van der Waals surface area contributed by atoms with Gasteiger partial charge in [-0.15, -0.1) is 0 Å². The maximum atomic E-state index is 11.4. The van der Waals surface area contributed by atoms with Crippen molar-refractivity contribution in [3.8, 4) is 0 Å². The average Bonchev–Trinajstić information content (AvgIpc) is 2.18. The molecule has 0 spiro atoms. The summed E-state index contributed by atoms with van der Waals surface area (Å²) in [6.07, 6.45) is 1.09. The number of nitrogens with zero attached hydrogens (tertiary/aromatic N) is 1. The first-order valence-electron chi connectivity index (χ1n) is 4.73. The van der Waals surface area contributed by atoms with Gasteiger partial charge in [0.25, 0.3) is 5.56 Å². The van der Waals surface area contributed by atoms with Gasteiger partial charge in [-0.3, -0.25) is 14.3 Å². The lowest BCUT2D eigenvalue weighted by Crippen LogP contribution is -2.33. The van der Waals surface area contributed by atoms with Crippen LogP contribution < -0.4 is 22.3 Å². The molecule has 8 nitrogen and oxygen atoms in total. The van der Waals surface area contributed by atoms with Gasteiger partial charge < -0.3 is 11.1 Å². The molecule has 9 heteroatoms. The van der Waals surface area contributed by atoms with Crippen molar-refractivity contribution < 1.29 is 8.42 Å². The van der Waals surface area contributed by atoms with E-state index in [1.165, 1.54) is 7.05 Å². The van der Waals surface area contributed by atoms with Crippen molar-refractivity contribution in [2.24, 2.45) is 7.05 Å². The topological polar surface area (TPSA) is 127 Å². The number of nitrogens with one attached hydrogen (secondary N) is 2. The molecule has 0 unspecified atom stereocenters. The number of H-pyrrole nitrogens is 1. The molecule has 0 radical (unpaired) electrons. The Morgan fingerprint density at radius 1 is 1.41 bits per heavy atom. The Kier molecular flexibility index (Phi) is 3.61. The molecule has 0 amide bonds. The van der Waals surface area contributed by atoms with E-state index >= 15 is 0 Å². The molecule has 1 rings (SSSR count). The molecule has 0 aliphatic rings. The molecule has 96 valence electrons. The number of rotatable bonds is 4. The lowest BCUT2D eigenvalue weighted by Gasteiger charge is -2.09. The lowest BCUT2D eigenvalue weighted by molar-refractivity contribution is 0.602. The average molecular weight is 262 g/mol. The zero-order valence-corrected chi connectivity index (χ0v) is 10.3. The van der Waals surface area contributed by atoms with Crippen LogP contribution in [-0.2, 0) is 16.9 Å². The van der Waals surface area contributed by atoms with E-state index in [2.05, 4.69) is 10.3 Å². The Hall–Kier alpha value is -1.77. The van der Waals surface area contributed by atoms with Gasteiger partial charge in [0.05, 0.1) is 5.75 Å². The third kappa shape index (κ3) is 3.34. The molecule has 0 bridgehead atoms. The van der Waals surface area contributed by atoms with E-state index < -0.39 is 21.1 Å². The van der Waals surface area contributed by atoms with Crippen LogP contribution in [0.25, 0.3) is 0 Å². The highest BCUT2D eigenvalue weighted by molar-refractivity contribution is 7.90. The van der Waals surface area contributed by atoms with Crippen LogP contribution in [0.5, 0.6) is 0 Å². The van der Waals surface area contributed by atoms with Gasteiger partial charge >= 0.3 is 5.69 Å². The van der Waals surface area contributed by atoms with Gasteiger partial charge in [-0.05, 0) is 0 Å². The molecule has 0 aromatic carbocycles. The van der Waals surface area contributed by atoms with Crippen molar-refractivity contribution in [3.05, 3.63) is 20.8 Å². The lowest BCUT2D eigenvalue weighted by atomic mass is 10.4. The quantitative estimate of drug-likeness (QED) is 0.582. The fraction of sp³-hybridized carbons (Fsp3) is 0.500. The van der Waals surface area contributed by atoms with Crippen LogP contribution in [0.15, 0.2) is 9.59 Å². The van der Waals surface area contributed by atoms with Crippen molar-refractivity contribution >= 4 is 21.3 Å². The van der Waals surface area contributed by atoms with E-state index in [-0.39, 0.29) is 23.8 Å². The normalized spacial score (nSPS) is 11.4. The second-order valence-electron chi connectivity index (χ2n) is 3.64. The van der Waals surface area contributed by atoms with E-state index in [0.29, 0.717) is 0 Å². The third-order valence-electron chi connectivity index (χ3n) is 2.14. The summed E-state index contributed by atoms with van der Waals surface area (Å²) in [5, 5.41) is 2.60. The summed E-state index contributed by atoms with van der Waals surface area (Å²) in [4.78, 5) is 24.6. The largest absolute Gasteiger partial charge is 0.383 e. The molecule has 1 heterocycles. The van der Waals surface area contributed by atoms with Crippen LogP contribution in [0.2, 0.25) is 0 Å². The SMILES string of the molecule is Cn1c(N)c(NCCS(C)(=O)=O)c(=O)[nH]c1=O. The second-order valence-corrected chi connectivity index (χ2v) is 5.89. The molecule has 4 N–H and O–H groups in total. The van der Waals surface area contributed by atoms with Gasteiger partial charge in [0.15, 0.2) is 0 Å². The number of anilines is 2. The smallest absolute Gasteiger partial charge is 0.329 e. The summed E-state index contributed by atoms with van der Waals surface area (Å²) in [5.74, 6) is -0.165. The molecule has 0 saturated heterocycles. The summed E-state index contributed by atoms with van der Waals surface area (Å²) in [5.41, 5.74) is 4.27. The van der Waals surface area contributed by atoms with Gasteiger partial charge in [-0.25, -0.2) is 13.2 Å². The maximum absolute atomic E-state index is 11.4. The highest BCUT2D eigenvalue weighted by Crippen LogP contribution is 2.07. The zero-order valence-electron chi connectivity index (χ0n) is 9.48. The first-order chi connectivity index (χ1) is 7.72. The summed E-state index contributed by atoms with van der Waals surface area (Å²) < 4.78 is 22.9. The number of nitrogen functional groups attached to an aromatic ring is 1. The minimum Gasteiger partial charge on any atom is -0.383 e. The highest BCUT2D eigenvalue weighted by atomic mass is 32.2. The number of aromatic nitrogens is 2.